The van der Waals surface area contributed by atoms with Crippen molar-refractivity contribution in [3.05, 3.63) is 52.6 Å². The van der Waals surface area contributed by atoms with Gasteiger partial charge in [0.25, 0.3) is 5.91 Å². The van der Waals surface area contributed by atoms with Crippen LogP contribution in [-0.2, 0) is 24.4 Å². The lowest BCUT2D eigenvalue weighted by atomic mass is 10.1. The minimum atomic E-state index is -4.88. The van der Waals surface area contributed by atoms with Crippen molar-refractivity contribution in [2.45, 2.75) is 25.1 Å². The first-order chi connectivity index (χ1) is 12.6. The average molecular weight is 385 g/mol. The Morgan fingerprint density at radius 2 is 2.04 bits per heavy atom. The smallest absolute Gasteiger partial charge is 0.419 e. The highest BCUT2D eigenvalue weighted by atomic mass is 19.4. The molecule has 1 aliphatic rings. The van der Waals surface area contributed by atoms with Crippen molar-refractivity contribution in [2.75, 3.05) is 5.32 Å². The second-order valence-electron chi connectivity index (χ2n) is 6.13. The highest BCUT2D eigenvalue weighted by molar-refractivity contribution is 6.04. The fraction of sp³-hybridized carbons (Fsp3) is 0.294. The molecule has 3 N–H and O–H groups in total. The van der Waals surface area contributed by atoms with Crippen LogP contribution in [0.1, 0.15) is 39.7 Å². The van der Waals surface area contributed by atoms with Crippen molar-refractivity contribution in [3.8, 4) is 0 Å². The summed E-state index contributed by atoms with van der Waals surface area (Å²) in [7, 11) is 1.58. The summed E-state index contributed by atoms with van der Waals surface area (Å²) in [5, 5.41) is 2.35. The number of ether oxygens (including phenoxy) is 1. The second-order valence-corrected chi connectivity index (χ2v) is 6.13. The minimum Gasteiger partial charge on any atom is -0.441 e. The van der Waals surface area contributed by atoms with E-state index in [0.717, 1.165) is 6.07 Å². The fourth-order valence-electron chi connectivity index (χ4n) is 3.24. The number of rotatable bonds is 3. The summed E-state index contributed by atoms with van der Waals surface area (Å²) in [4.78, 5) is 23.6. The zero-order chi connectivity index (χ0) is 19.9. The van der Waals surface area contributed by atoms with E-state index >= 15 is 0 Å². The van der Waals surface area contributed by atoms with Gasteiger partial charge in [0.2, 0.25) is 0 Å². The Labute approximate surface area is 150 Å². The van der Waals surface area contributed by atoms with Gasteiger partial charge in [0.05, 0.1) is 5.56 Å². The predicted octanol–water partition coefficient (Wildman–Crippen LogP) is 3.52. The molecular weight excluding hydrogens is 370 g/mol. The van der Waals surface area contributed by atoms with Gasteiger partial charge in [0, 0.05) is 24.5 Å². The monoisotopic (exact) mass is 385 g/mol. The number of aryl methyl sites for hydroxylation is 1. The van der Waals surface area contributed by atoms with Gasteiger partial charge in [-0.05, 0) is 36.6 Å². The molecule has 1 unspecified atom stereocenters. The molecule has 3 rings (SSSR count). The molecule has 2 aromatic rings. The third-order valence-corrected chi connectivity index (χ3v) is 4.33. The summed E-state index contributed by atoms with van der Waals surface area (Å²) in [5.74, 6) is -2.08. The van der Waals surface area contributed by atoms with E-state index in [2.05, 4.69) is 5.32 Å². The molecular formula is C17H15F4N3O3. The van der Waals surface area contributed by atoms with Crippen LogP contribution in [0.15, 0.2) is 24.4 Å². The first kappa shape index (κ1) is 18.7. The first-order valence-electron chi connectivity index (χ1n) is 7.90. The third kappa shape index (κ3) is 3.60. The van der Waals surface area contributed by atoms with E-state index in [0.29, 0.717) is 36.1 Å². The molecule has 0 saturated carbocycles. The number of halogens is 4. The van der Waals surface area contributed by atoms with Crippen LogP contribution < -0.4 is 11.1 Å². The Morgan fingerprint density at radius 1 is 1.33 bits per heavy atom. The van der Waals surface area contributed by atoms with Crippen molar-refractivity contribution >= 4 is 17.7 Å². The van der Waals surface area contributed by atoms with Gasteiger partial charge in [-0.3, -0.25) is 4.79 Å². The maximum atomic E-state index is 13.4. The van der Waals surface area contributed by atoms with Crippen LogP contribution in [0, 0.1) is 5.82 Å². The number of benzene rings is 1. The normalized spacial score (nSPS) is 16.1. The van der Waals surface area contributed by atoms with Gasteiger partial charge in [0.15, 0.2) is 0 Å². The Balaban J connectivity index is 1.88. The summed E-state index contributed by atoms with van der Waals surface area (Å²) < 4.78 is 58.3. The molecule has 27 heavy (non-hydrogen) atoms. The number of hydrogen-bond donors (Lipinski definition) is 2. The summed E-state index contributed by atoms with van der Waals surface area (Å²) in [6.07, 6.45) is -3.90. The quantitative estimate of drug-likeness (QED) is 0.793. The number of carbonyl (C=O) groups excluding carboxylic acids is 2. The lowest BCUT2D eigenvalue weighted by Gasteiger charge is -2.12. The molecule has 0 bridgehead atoms. The lowest BCUT2D eigenvalue weighted by molar-refractivity contribution is -0.139. The van der Waals surface area contributed by atoms with Gasteiger partial charge in [-0.25, -0.2) is 9.18 Å². The molecule has 0 fully saturated rings. The Bertz CT molecular complexity index is 921. The molecule has 0 aliphatic heterocycles. The Morgan fingerprint density at radius 3 is 2.67 bits per heavy atom. The van der Waals surface area contributed by atoms with E-state index < -0.39 is 35.7 Å². The van der Waals surface area contributed by atoms with Crippen molar-refractivity contribution in [3.63, 3.8) is 0 Å². The topological polar surface area (TPSA) is 86.3 Å². The molecule has 6 nitrogen and oxygen atoms in total. The number of nitrogens with one attached hydrogen (secondary N) is 1. The molecule has 1 heterocycles. The van der Waals surface area contributed by atoms with Crippen LogP contribution in [0.4, 0.5) is 28.0 Å². The number of amides is 2. The van der Waals surface area contributed by atoms with Gasteiger partial charge < -0.3 is 20.4 Å². The number of carbonyl (C=O) groups is 2. The number of hydrogen-bond acceptors (Lipinski definition) is 3. The van der Waals surface area contributed by atoms with E-state index in [-0.39, 0.29) is 11.4 Å². The highest BCUT2D eigenvalue weighted by Gasteiger charge is 2.35. The maximum Gasteiger partial charge on any atom is 0.419 e. The van der Waals surface area contributed by atoms with Crippen molar-refractivity contribution in [1.82, 2.24) is 4.57 Å². The van der Waals surface area contributed by atoms with Gasteiger partial charge >= 0.3 is 12.3 Å². The number of fused-ring (bicyclic) bond motifs is 1. The summed E-state index contributed by atoms with van der Waals surface area (Å²) in [5.41, 5.74) is 4.84. The number of anilines is 1. The Kier molecular flexibility index (Phi) is 4.58. The molecule has 0 spiro atoms. The van der Waals surface area contributed by atoms with Crippen LogP contribution in [-0.4, -0.2) is 16.6 Å². The molecule has 1 aliphatic carbocycles. The largest absolute Gasteiger partial charge is 0.441 e. The van der Waals surface area contributed by atoms with Crippen molar-refractivity contribution in [1.29, 1.82) is 0 Å². The zero-order valence-corrected chi connectivity index (χ0v) is 14.1. The van der Waals surface area contributed by atoms with Gasteiger partial charge in [0.1, 0.15) is 17.6 Å². The van der Waals surface area contributed by atoms with E-state index in [9.17, 15) is 27.2 Å². The van der Waals surface area contributed by atoms with Crippen LogP contribution >= 0.6 is 0 Å². The molecule has 10 heteroatoms. The first-order valence-corrected chi connectivity index (χ1v) is 7.90. The van der Waals surface area contributed by atoms with Gasteiger partial charge in [-0.1, -0.05) is 0 Å². The van der Waals surface area contributed by atoms with E-state index in [4.69, 9.17) is 10.5 Å². The number of nitrogens with zero attached hydrogens (tertiary/aromatic N) is 1. The summed E-state index contributed by atoms with van der Waals surface area (Å²) in [6, 6.07) is 2.23. The molecule has 2 amide bonds. The molecule has 144 valence electrons. The fourth-order valence-corrected chi connectivity index (χ4v) is 3.24. The lowest BCUT2D eigenvalue weighted by Crippen LogP contribution is -2.18. The zero-order valence-electron chi connectivity index (χ0n) is 14.1. The SMILES string of the molecule is Cn1cc2c(c1C(=O)Nc1ccc(F)c(C(F)(F)F)c1)CCC2OC(N)=O. The number of aromatic nitrogens is 1. The standard InChI is InChI=1S/C17H15F4N3O3/c1-24-7-10-9(3-5-13(10)27-16(22)26)14(24)15(25)23-8-2-4-12(18)11(6-8)17(19,20)21/h2,4,6-7,13H,3,5H2,1H3,(H2,22,26)(H,23,25). The van der Waals surface area contributed by atoms with Crippen molar-refractivity contribution in [2.24, 2.45) is 12.8 Å². The minimum absolute atomic E-state index is 0.188. The van der Waals surface area contributed by atoms with Crippen LogP contribution in [0.5, 0.6) is 0 Å². The molecule has 0 radical (unpaired) electrons. The number of nitrogens with two attached hydrogens (primary N) is 1. The van der Waals surface area contributed by atoms with E-state index in [1.165, 1.54) is 4.57 Å². The second kappa shape index (κ2) is 6.60. The van der Waals surface area contributed by atoms with Crippen molar-refractivity contribution < 1.29 is 31.9 Å². The molecule has 1 aromatic carbocycles. The van der Waals surface area contributed by atoms with Crippen LogP contribution in [0.3, 0.4) is 0 Å². The summed E-state index contributed by atoms with van der Waals surface area (Å²) in [6.45, 7) is 0. The van der Waals surface area contributed by atoms with E-state index in [1.807, 2.05) is 0 Å². The summed E-state index contributed by atoms with van der Waals surface area (Å²) >= 11 is 0. The average Bonchev–Trinajstić information content (AvgIpc) is 3.06. The number of alkyl halides is 3. The third-order valence-electron chi connectivity index (χ3n) is 4.33. The number of primary amides is 1. The predicted molar refractivity (Wildman–Crippen MR) is 86.5 cm³/mol. The van der Waals surface area contributed by atoms with Crippen LogP contribution in [0.2, 0.25) is 0 Å². The Hall–Kier alpha value is -3.04. The van der Waals surface area contributed by atoms with Gasteiger partial charge in [-0.2, -0.15) is 13.2 Å². The molecule has 1 atom stereocenters. The van der Waals surface area contributed by atoms with E-state index in [1.54, 1.807) is 13.2 Å². The molecule has 0 saturated heterocycles. The maximum absolute atomic E-state index is 13.4. The molecule has 1 aromatic heterocycles. The van der Waals surface area contributed by atoms with Gasteiger partial charge in [-0.15, -0.1) is 0 Å². The van der Waals surface area contributed by atoms with Crippen LogP contribution in [0.25, 0.3) is 0 Å². The highest BCUT2D eigenvalue weighted by Crippen LogP contribution is 2.37.